The predicted octanol–water partition coefficient (Wildman–Crippen LogP) is 0.444. The second-order valence-electron chi connectivity index (χ2n) is 1.85. The average molecular weight is 133 g/mol. The highest BCUT2D eigenvalue weighted by atomic mass is 16.4. The minimum absolute atomic E-state index is 0.235. The fourth-order valence-corrected chi connectivity index (χ4v) is 0.373. The number of hydrogen-bond acceptors (Lipinski definition) is 2. The average Bonchev–Trinajstić information content (AvgIpc) is 1.87. The maximum atomic E-state index is 10.4. The minimum atomic E-state index is -2.22. The van der Waals surface area contributed by atoms with Crippen LogP contribution >= 0.6 is 0 Å². The van der Waals surface area contributed by atoms with Crippen molar-refractivity contribution in [3.05, 3.63) is 0 Å². The van der Waals surface area contributed by atoms with Gasteiger partial charge in [-0.2, -0.15) is 0 Å². The van der Waals surface area contributed by atoms with Gasteiger partial charge in [0.2, 0.25) is 0 Å². The van der Waals surface area contributed by atoms with Gasteiger partial charge in [0.05, 0.1) is 1.37 Å². The highest BCUT2D eigenvalue weighted by Gasteiger charge is 2.17. The van der Waals surface area contributed by atoms with Crippen LogP contribution in [0.25, 0.3) is 0 Å². The first-order chi connectivity index (χ1) is 4.75. The molecule has 9 heavy (non-hydrogen) atoms. The largest absolute Gasteiger partial charge is 0.480 e. The fraction of sp³-hybridized carbons (Fsp3) is 0.833. The molecular formula is C6H13NO2. The van der Waals surface area contributed by atoms with E-state index in [2.05, 4.69) is 0 Å². The summed E-state index contributed by atoms with van der Waals surface area (Å²) in [5.41, 5.74) is 5.13. The molecule has 3 nitrogen and oxygen atoms in total. The van der Waals surface area contributed by atoms with Crippen molar-refractivity contribution in [1.29, 1.82) is 0 Å². The van der Waals surface area contributed by atoms with Crippen molar-refractivity contribution in [2.45, 2.75) is 26.3 Å². The number of carbonyl (C=O) groups is 1. The minimum Gasteiger partial charge on any atom is -0.480 e. The molecular weight excluding hydrogens is 118 g/mol. The topological polar surface area (TPSA) is 63.3 Å². The Morgan fingerprint density at radius 2 is 2.44 bits per heavy atom. The van der Waals surface area contributed by atoms with Gasteiger partial charge in [-0.25, -0.2) is 0 Å². The van der Waals surface area contributed by atoms with Gasteiger partial charge in [-0.15, -0.1) is 0 Å². The number of carboxylic acid groups (broad SMARTS) is 1. The Morgan fingerprint density at radius 1 is 2.00 bits per heavy atom. The van der Waals surface area contributed by atoms with Crippen molar-refractivity contribution in [3.8, 4) is 0 Å². The Balaban J connectivity index is 4.67. The van der Waals surface area contributed by atoms with E-state index in [9.17, 15) is 4.79 Å². The number of rotatable bonds is 3. The highest BCUT2D eigenvalue weighted by molar-refractivity contribution is 5.73. The van der Waals surface area contributed by atoms with Crippen LogP contribution in [0.1, 0.15) is 23.0 Å². The standard InChI is InChI=1S/C6H13NO2/c1-3-4(2)5(7)6(8)9/h4-5H,3,7H2,1-2H3,(H,8,9)/t4?,5-/m0/s1/i4D,5D. The van der Waals surface area contributed by atoms with Crippen LogP contribution < -0.4 is 5.73 Å². The van der Waals surface area contributed by atoms with E-state index in [1.165, 1.54) is 6.92 Å². The quantitative estimate of drug-likeness (QED) is 0.587. The summed E-state index contributed by atoms with van der Waals surface area (Å²) in [5.74, 6) is -2.91. The lowest BCUT2D eigenvalue weighted by atomic mass is 10.0. The van der Waals surface area contributed by atoms with Gasteiger partial charge in [-0.05, 0) is 5.89 Å². The predicted molar refractivity (Wildman–Crippen MR) is 35.1 cm³/mol. The first-order valence-corrected chi connectivity index (χ1v) is 2.78. The molecule has 0 saturated heterocycles. The highest BCUT2D eigenvalue weighted by Crippen LogP contribution is 2.04. The van der Waals surface area contributed by atoms with Gasteiger partial charge in [-0.1, -0.05) is 20.3 Å². The second kappa shape index (κ2) is 3.45. The van der Waals surface area contributed by atoms with Gasteiger partial charge < -0.3 is 10.8 Å². The van der Waals surface area contributed by atoms with E-state index in [1.54, 1.807) is 6.92 Å². The molecule has 0 amide bonds. The molecule has 0 spiro atoms. The molecule has 0 radical (unpaired) electrons. The number of hydrogen-bond donors (Lipinski definition) is 2. The Morgan fingerprint density at radius 3 is 2.56 bits per heavy atom. The Bertz CT molecular complexity index is 168. The molecule has 2 atom stereocenters. The Hall–Kier alpha value is -0.570. The summed E-state index contributed by atoms with van der Waals surface area (Å²) >= 11 is 0. The van der Waals surface area contributed by atoms with Crippen LogP contribution in [0.15, 0.2) is 0 Å². The summed E-state index contributed by atoms with van der Waals surface area (Å²) in [5, 5.41) is 8.48. The smallest absolute Gasteiger partial charge is 0.320 e. The van der Waals surface area contributed by atoms with Gasteiger partial charge in [0, 0.05) is 1.37 Å². The summed E-state index contributed by atoms with van der Waals surface area (Å²) in [6.45, 7) is 2.97. The van der Waals surface area contributed by atoms with E-state index in [-0.39, 0.29) is 6.42 Å². The SMILES string of the molecule is [2H]C(C)(CC)[C@]([2H])(N)C(=O)O. The van der Waals surface area contributed by atoms with Gasteiger partial charge in [0.15, 0.2) is 0 Å². The van der Waals surface area contributed by atoms with Crippen LogP contribution in [-0.4, -0.2) is 17.1 Å². The summed E-state index contributed by atoms with van der Waals surface area (Å²) in [6, 6.07) is -2.22. The molecule has 0 rings (SSSR count). The van der Waals surface area contributed by atoms with Crippen LogP contribution in [0.2, 0.25) is 0 Å². The summed E-state index contributed by atoms with van der Waals surface area (Å²) in [4.78, 5) is 10.4. The number of aliphatic carboxylic acids is 1. The summed E-state index contributed by atoms with van der Waals surface area (Å²) in [7, 11) is 0. The van der Waals surface area contributed by atoms with Gasteiger partial charge >= 0.3 is 5.97 Å². The van der Waals surface area contributed by atoms with E-state index in [0.29, 0.717) is 0 Å². The van der Waals surface area contributed by atoms with Crippen molar-refractivity contribution in [1.82, 2.24) is 0 Å². The van der Waals surface area contributed by atoms with Gasteiger partial charge in [0.25, 0.3) is 0 Å². The zero-order valence-electron chi connectivity index (χ0n) is 7.64. The lowest BCUT2D eigenvalue weighted by Crippen LogP contribution is -2.36. The van der Waals surface area contributed by atoms with E-state index < -0.39 is 17.9 Å². The third kappa shape index (κ3) is 2.46. The Labute approximate surface area is 57.7 Å². The van der Waals surface area contributed by atoms with Crippen LogP contribution in [0.3, 0.4) is 0 Å². The summed E-state index contributed by atoms with van der Waals surface area (Å²) in [6.07, 6.45) is 0.235. The second-order valence-corrected chi connectivity index (χ2v) is 1.85. The molecule has 0 aliphatic rings. The maximum absolute atomic E-state index is 10.4. The first kappa shape index (κ1) is 5.23. The molecule has 0 aliphatic heterocycles. The third-order valence-electron chi connectivity index (χ3n) is 1.22. The molecule has 0 bridgehead atoms. The number of carboxylic acids is 1. The van der Waals surface area contributed by atoms with Crippen LogP contribution in [0.5, 0.6) is 0 Å². The van der Waals surface area contributed by atoms with Gasteiger partial charge in [0.1, 0.15) is 6.02 Å². The van der Waals surface area contributed by atoms with E-state index >= 15 is 0 Å². The van der Waals surface area contributed by atoms with Gasteiger partial charge in [-0.3, -0.25) is 4.79 Å². The van der Waals surface area contributed by atoms with Crippen LogP contribution in [0.4, 0.5) is 0 Å². The molecule has 0 aromatic heterocycles. The molecule has 0 aromatic rings. The van der Waals surface area contributed by atoms with Crippen molar-refractivity contribution in [3.63, 3.8) is 0 Å². The molecule has 0 aliphatic carbocycles. The van der Waals surface area contributed by atoms with E-state index in [0.717, 1.165) is 0 Å². The lowest BCUT2D eigenvalue weighted by molar-refractivity contribution is -0.139. The molecule has 1 unspecified atom stereocenters. The monoisotopic (exact) mass is 133 g/mol. The van der Waals surface area contributed by atoms with E-state index in [4.69, 9.17) is 13.6 Å². The first-order valence-electron chi connectivity index (χ1n) is 3.78. The fourth-order valence-electron chi connectivity index (χ4n) is 0.373. The molecule has 54 valence electrons. The van der Waals surface area contributed by atoms with Crippen molar-refractivity contribution >= 4 is 5.97 Å². The molecule has 3 N–H and O–H groups in total. The third-order valence-corrected chi connectivity index (χ3v) is 1.22. The molecule has 0 fully saturated rings. The van der Waals surface area contributed by atoms with Crippen LogP contribution in [-0.2, 0) is 4.79 Å². The number of nitrogens with two attached hydrogens (primary N) is 1. The van der Waals surface area contributed by atoms with Crippen molar-refractivity contribution in [2.75, 3.05) is 0 Å². The molecule has 0 heterocycles. The molecule has 0 saturated carbocycles. The van der Waals surface area contributed by atoms with E-state index in [1.807, 2.05) is 0 Å². The van der Waals surface area contributed by atoms with Crippen LogP contribution in [0, 0.1) is 5.89 Å². The van der Waals surface area contributed by atoms with Crippen molar-refractivity contribution < 1.29 is 12.6 Å². The van der Waals surface area contributed by atoms with Crippen molar-refractivity contribution in [2.24, 2.45) is 11.6 Å². The zero-order valence-corrected chi connectivity index (χ0v) is 5.64. The molecule has 0 aromatic carbocycles. The Kier molecular flexibility index (Phi) is 2.01. The summed E-state index contributed by atoms with van der Waals surface area (Å²) < 4.78 is 14.6. The lowest BCUT2D eigenvalue weighted by Gasteiger charge is -2.11. The zero-order chi connectivity index (χ0) is 9.28. The maximum Gasteiger partial charge on any atom is 0.320 e. The normalized spacial score (nSPS) is 27.0. The molecule has 3 heteroatoms.